The molecule has 0 heterocycles. The molecule has 0 radical (unpaired) electrons. The van der Waals surface area contributed by atoms with Crippen LogP contribution in [-0.2, 0) is 6.61 Å². The largest absolute Gasteiger partial charge is 0.507 e. The maximum Gasteiger partial charge on any atom is 0.275 e. The molecule has 0 bridgehead atoms. The normalized spacial score (nSPS) is 10.7. The molecule has 0 saturated heterocycles. The number of benzene rings is 3. The first-order valence-corrected chi connectivity index (χ1v) is 9.00. The van der Waals surface area contributed by atoms with E-state index in [0.29, 0.717) is 23.5 Å². The zero-order valence-corrected chi connectivity index (χ0v) is 15.9. The van der Waals surface area contributed by atoms with Crippen molar-refractivity contribution in [2.75, 3.05) is 0 Å². The van der Waals surface area contributed by atoms with Crippen molar-refractivity contribution >= 4 is 28.1 Å². The minimum Gasteiger partial charge on any atom is -0.507 e. The highest BCUT2D eigenvalue weighted by Gasteiger charge is 2.11. The van der Waals surface area contributed by atoms with E-state index in [1.54, 1.807) is 42.5 Å². The predicted molar refractivity (Wildman–Crippen MR) is 108 cm³/mol. The highest BCUT2D eigenvalue weighted by atomic mass is 79.9. The second kappa shape index (κ2) is 9.00. The van der Waals surface area contributed by atoms with Gasteiger partial charge in [-0.3, -0.25) is 4.79 Å². The molecular weight excluding hydrogens is 408 g/mol. The summed E-state index contributed by atoms with van der Waals surface area (Å²) in [4.78, 5) is 12.4. The lowest BCUT2D eigenvalue weighted by atomic mass is 10.2. The van der Waals surface area contributed by atoms with E-state index in [2.05, 4.69) is 26.5 Å². The number of hydrogen-bond acceptors (Lipinski definition) is 4. The van der Waals surface area contributed by atoms with Gasteiger partial charge in [0.1, 0.15) is 18.1 Å². The van der Waals surface area contributed by atoms with Gasteiger partial charge in [-0.15, -0.1) is 0 Å². The van der Waals surface area contributed by atoms with E-state index in [1.165, 1.54) is 6.21 Å². The van der Waals surface area contributed by atoms with Crippen LogP contribution >= 0.6 is 15.9 Å². The average molecular weight is 425 g/mol. The Morgan fingerprint density at radius 1 is 1.07 bits per heavy atom. The number of carbonyl (C=O) groups excluding carboxylic acids is 1. The molecule has 0 saturated carbocycles. The van der Waals surface area contributed by atoms with Crippen LogP contribution in [0.15, 0.2) is 82.4 Å². The molecule has 2 N–H and O–H groups in total. The number of ether oxygens (including phenoxy) is 1. The Balaban J connectivity index is 1.68. The molecule has 0 aliphatic rings. The monoisotopic (exact) mass is 424 g/mol. The fourth-order valence-corrected chi connectivity index (χ4v) is 2.74. The van der Waals surface area contributed by atoms with E-state index in [4.69, 9.17) is 4.74 Å². The zero-order valence-electron chi connectivity index (χ0n) is 14.3. The lowest BCUT2D eigenvalue weighted by Crippen LogP contribution is -2.18. The molecule has 0 spiro atoms. The van der Waals surface area contributed by atoms with Gasteiger partial charge in [0.2, 0.25) is 0 Å². The fraction of sp³-hybridized carbons (Fsp3) is 0.0476. The van der Waals surface area contributed by atoms with Crippen LogP contribution in [0.5, 0.6) is 11.5 Å². The van der Waals surface area contributed by atoms with Crippen LogP contribution in [-0.4, -0.2) is 17.2 Å². The van der Waals surface area contributed by atoms with Gasteiger partial charge in [0.05, 0.1) is 11.8 Å². The van der Waals surface area contributed by atoms with E-state index >= 15 is 0 Å². The van der Waals surface area contributed by atoms with Gasteiger partial charge in [0.25, 0.3) is 5.91 Å². The second-order valence-electron chi connectivity index (χ2n) is 5.67. The summed E-state index contributed by atoms with van der Waals surface area (Å²) < 4.78 is 6.58. The van der Waals surface area contributed by atoms with E-state index in [-0.39, 0.29) is 5.75 Å². The number of rotatable bonds is 6. The summed E-state index contributed by atoms with van der Waals surface area (Å²) >= 11 is 3.32. The number of hydrogen-bond donors (Lipinski definition) is 2. The number of phenols is 1. The zero-order chi connectivity index (χ0) is 19.1. The third kappa shape index (κ3) is 5.18. The molecule has 0 fully saturated rings. The van der Waals surface area contributed by atoms with Crippen LogP contribution in [0.1, 0.15) is 21.5 Å². The Labute approximate surface area is 165 Å². The fourth-order valence-electron chi connectivity index (χ4n) is 2.36. The number of para-hydroxylation sites is 1. The van der Waals surface area contributed by atoms with Crippen molar-refractivity contribution in [3.05, 3.63) is 94.0 Å². The molecule has 0 aromatic heterocycles. The Kier molecular flexibility index (Phi) is 6.22. The summed E-state index contributed by atoms with van der Waals surface area (Å²) in [7, 11) is 0. The maximum atomic E-state index is 12.4. The van der Waals surface area contributed by atoms with Crippen LogP contribution in [0.25, 0.3) is 0 Å². The molecule has 27 heavy (non-hydrogen) atoms. The highest BCUT2D eigenvalue weighted by molar-refractivity contribution is 9.10. The number of hydrazone groups is 1. The van der Waals surface area contributed by atoms with Gasteiger partial charge in [-0.1, -0.05) is 58.4 Å². The SMILES string of the molecule is O=C(N/N=C/c1cc(Br)ccc1O)c1ccccc1OCc1ccccc1. The number of carbonyl (C=O) groups is 1. The summed E-state index contributed by atoms with van der Waals surface area (Å²) in [5.41, 5.74) is 4.33. The number of aromatic hydroxyl groups is 1. The highest BCUT2D eigenvalue weighted by Crippen LogP contribution is 2.21. The molecule has 3 aromatic rings. The van der Waals surface area contributed by atoms with Crippen molar-refractivity contribution in [3.63, 3.8) is 0 Å². The van der Waals surface area contributed by atoms with Crippen molar-refractivity contribution in [3.8, 4) is 11.5 Å². The molecule has 3 aromatic carbocycles. The summed E-state index contributed by atoms with van der Waals surface area (Å²) in [6, 6.07) is 21.6. The van der Waals surface area contributed by atoms with Crippen LogP contribution < -0.4 is 10.2 Å². The Bertz CT molecular complexity index is 959. The van der Waals surface area contributed by atoms with Gasteiger partial charge in [-0.05, 0) is 35.9 Å². The van der Waals surface area contributed by atoms with Crippen LogP contribution in [0.3, 0.4) is 0 Å². The first-order chi connectivity index (χ1) is 13.1. The lowest BCUT2D eigenvalue weighted by Gasteiger charge is -2.10. The molecule has 3 rings (SSSR count). The van der Waals surface area contributed by atoms with Crippen molar-refractivity contribution in [1.29, 1.82) is 0 Å². The van der Waals surface area contributed by atoms with Gasteiger partial charge in [-0.25, -0.2) is 5.43 Å². The summed E-state index contributed by atoms with van der Waals surface area (Å²) in [6.07, 6.45) is 1.38. The van der Waals surface area contributed by atoms with Gasteiger partial charge in [0.15, 0.2) is 0 Å². The van der Waals surface area contributed by atoms with E-state index in [9.17, 15) is 9.90 Å². The Morgan fingerprint density at radius 2 is 1.81 bits per heavy atom. The Hall–Kier alpha value is -3.12. The standard InChI is InChI=1S/C21H17BrN2O3/c22-17-10-11-19(25)16(12-17)13-23-24-21(26)18-8-4-5-9-20(18)27-14-15-6-2-1-3-7-15/h1-13,25H,14H2,(H,24,26)/b23-13+. The average Bonchev–Trinajstić information content (AvgIpc) is 2.70. The number of amides is 1. The summed E-state index contributed by atoms with van der Waals surface area (Å²) in [6.45, 7) is 0.361. The summed E-state index contributed by atoms with van der Waals surface area (Å²) in [5.74, 6) is 0.145. The molecule has 0 aliphatic carbocycles. The van der Waals surface area contributed by atoms with Crippen molar-refractivity contribution in [2.45, 2.75) is 6.61 Å². The molecule has 0 atom stereocenters. The molecule has 136 valence electrons. The lowest BCUT2D eigenvalue weighted by molar-refractivity contribution is 0.0950. The van der Waals surface area contributed by atoms with Crippen molar-refractivity contribution in [1.82, 2.24) is 5.43 Å². The molecule has 6 heteroatoms. The third-order valence-electron chi connectivity index (χ3n) is 3.73. The summed E-state index contributed by atoms with van der Waals surface area (Å²) in [5, 5.41) is 13.7. The van der Waals surface area contributed by atoms with Gasteiger partial charge < -0.3 is 9.84 Å². The number of nitrogens with one attached hydrogen (secondary N) is 1. The molecule has 0 unspecified atom stereocenters. The number of halogens is 1. The Morgan fingerprint density at radius 3 is 2.63 bits per heavy atom. The second-order valence-corrected chi connectivity index (χ2v) is 6.59. The first-order valence-electron chi connectivity index (χ1n) is 8.21. The van der Waals surface area contributed by atoms with E-state index < -0.39 is 5.91 Å². The van der Waals surface area contributed by atoms with Gasteiger partial charge in [-0.2, -0.15) is 5.10 Å². The molecule has 5 nitrogen and oxygen atoms in total. The van der Waals surface area contributed by atoms with Crippen molar-refractivity contribution in [2.24, 2.45) is 5.10 Å². The van der Waals surface area contributed by atoms with Crippen LogP contribution in [0, 0.1) is 0 Å². The smallest absolute Gasteiger partial charge is 0.275 e. The van der Waals surface area contributed by atoms with Gasteiger partial charge >= 0.3 is 0 Å². The predicted octanol–water partition coefficient (Wildman–Crippen LogP) is 4.50. The molecule has 1 amide bonds. The molecule has 0 aliphatic heterocycles. The first kappa shape index (κ1) is 18.7. The van der Waals surface area contributed by atoms with Crippen LogP contribution in [0.2, 0.25) is 0 Å². The number of phenolic OH excluding ortho intramolecular Hbond substituents is 1. The maximum absolute atomic E-state index is 12.4. The minimum absolute atomic E-state index is 0.0720. The van der Waals surface area contributed by atoms with Gasteiger partial charge in [0, 0.05) is 10.0 Å². The van der Waals surface area contributed by atoms with E-state index in [0.717, 1.165) is 10.0 Å². The van der Waals surface area contributed by atoms with Crippen LogP contribution in [0.4, 0.5) is 0 Å². The number of nitrogens with zero attached hydrogens (tertiary/aromatic N) is 1. The van der Waals surface area contributed by atoms with Crippen molar-refractivity contribution < 1.29 is 14.6 Å². The third-order valence-corrected chi connectivity index (χ3v) is 4.22. The quantitative estimate of drug-likeness (QED) is 0.452. The van der Waals surface area contributed by atoms with E-state index in [1.807, 2.05) is 30.3 Å². The minimum atomic E-state index is -0.399. The topological polar surface area (TPSA) is 70.9 Å². The molecular formula is C21H17BrN2O3.